The largest absolute Gasteiger partial charge is 0.317 e. The topological polar surface area (TPSA) is 12.0 Å². The van der Waals surface area contributed by atoms with E-state index in [2.05, 4.69) is 46.9 Å². The summed E-state index contributed by atoms with van der Waals surface area (Å²) in [5, 5.41) is 3.52. The number of rotatable bonds is 11. The Bertz CT molecular complexity index is 292. The molecule has 0 aromatic rings. The van der Waals surface area contributed by atoms with Gasteiger partial charge in [0.15, 0.2) is 0 Å². The molecule has 6 unspecified atom stereocenters. The molecule has 1 saturated carbocycles. The predicted octanol–water partition coefficient (Wildman–Crippen LogP) is 6.32. The van der Waals surface area contributed by atoms with E-state index in [1.165, 1.54) is 60.1 Å². The minimum absolute atomic E-state index is 0.860. The van der Waals surface area contributed by atoms with Crippen LogP contribution in [0.5, 0.6) is 0 Å². The van der Waals surface area contributed by atoms with Crippen molar-refractivity contribution in [2.45, 2.75) is 97.8 Å². The van der Waals surface area contributed by atoms with Crippen molar-refractivity contribution in [3.63, 3.8) is 0 Å². The van der Waals surface area contributed by atoms with Gasteiger partial charge in [0.05, 0.1) is 0 Å². The average Bonchev–Trinajstić information content (AvgIpc) is 2.55. The van der Waals surface area contributed by atoms with Gasteiger partial charge < -0.3 is 5.32 Å². The first-order chi connectivity index (χ1) is 11.0. The van der Waals surface area contributed by atoms with Crippen LogP contribution in [0.15, 0.2) is 0 Å². The fraction of sp³-hybridized carbons (Fsp3) is 1.00. The predicted molar refractivity (Wildman–Crippen MR) is 109 cm³/mol. The molecule has 0 amide bonds. The lowest BCUT2D eigenvalue weighted by Gasteiger charge is -2.38. The van der Waals surface area contributed by atoms with Crippen molar-refractivity contribution in [3.05, 3.63) is 0 Å². The Morgan fingerprint density at radius 3 is 2.26 bits per heavy atom. The third-order valence-corrected chi connectivity index (χ3v) is 9.16. The van der Waals surface area contributed by atoms with Crippen molar-refractivity contribution in [3.8, 4) is 0 Å². The van der Waals surface area contributed by atoms with E-state index in [0.29, 0.717) is 0 Å². The van der Waals surface area contributed by atoms with Crippen molar-refractivity contribution in [1.82, 2.24) is 5.32 Å². The first kappa shape index (κ1) is 21.4. The molecule has 0 spiro atoms. The number of hydrogen-bond acceptors (Lipinski definition) is 1. The van der Waals surface area contributed by atoms with Gasteiger partial charge in [0.2, 0.25) is 0 Å². The Morgan fingerprint density at radius 1 is 1.00 bits per heavy atom. The van der Waals surface area contributed by atoms with Crippen molar-refractivity contribution >= 4 is 8.58 Å². The average molecular weight is 342 g/mol. The Labute approximate surface area is 148 Å². The second kappa shape index (κ2) is 11.9. The molecule has 6 atom stereocenters. The van der Waals surface area contributed by atoms with Crippen LogP contribution in [-0.2, 0) is 0 Å². The highest BCUT2D eigenvalue weighted by Gasteiger charge is 2.31. The molecule has 1 aliphatic rings. The zero-order valence-corrected chi connectivity index (χ0v) is 17.8. The van der Waals surface area contributed by atoms with Gasteiger partial charge in [0.1, 0.15) is 0 Å². The van der Waals surface area contributed by atoms with Crippen LogP contribution >= 0.6 is 8.58 Å². The Morgan fingerprint density at radius 2 is 1.70 bits per heavy atom. The number of hydrogen-bond donors (Lipinski definition) is 1. The molecule has 0 heterocycles. The molecule has 2 heteroatoms. The van der Waals surface area contributed by atoms with Gasteiger partial charge in [0.25, 0.3) is 0 Å². The van der Waals surface area contributed by atoms with E-state index in [-0.39, 0.29) is 0 Å². The molecule has 0 aromatic carbocycles. The summed E-state index contributed by atoms with van der Waals surface area (Å²) >= 11 is 0. The first-order valence-corrected chi connectivity index (χ1v) is 11.7. The Balaban J connectivity index is 2.53. The summed E-state index contributed by atoms with van der Waals surface area (Å²) < 4.78 is 0. The molecule has 0 aliphatic heterocycles. The molecule has 138 valence electrons. The maximum Gasteiger partial charge on any atom is -0.00464 e. The van der Waals surface area contributed by atoms with Gasteiger partial charge in [-0.1, -0.05) is 60.8 Å². The van der Waals surface area contributed by atoms with Crippen LogP contribution in [-0.4, -0.2) is 24.4 Å². The molecular formula is C21H44NP. The maximum atomic E-state index is 3.52. The molecule has 23 heavy (non-hydrogen) atoms. The lowest BCUT2D eigenvalue weighted by molar-refractivity contribution is 0.192. The minimum Gasteiger partial charge on any atom is -0.317 e. The fourth-order valence-corrected chi connectivity index (χ4v) is 6.56. The Hall–Kier alpha value is 0.390. The molecule has 1 N–H and O–H groups in total. The van der Waals surface area contributed by atoms with Gasteiger partial charge in [0, 0.05) is 0 Å². The summed E-state index contributed by atoms with van der Waals surface area (Å²) in [6, 6.07) is 0. The van der Waals surface area contributed by atoms with Crippen LogP contribution < -0.4 is 5.32 Å². The first-order valence-electron chi connectivity index (χ1n) is 10.5. The lowest BCUT2D eigenvalue weighted by atomic mass is 9.73. The van der Waals surface area contributed by atoms with Gasteiger partial charge in [-0.2, -0.15) is 0 Å². The zero-order valence-electron chi connectivity index (χ0n) is 16.8. The molecule has 0 bridgehead atoms. The molecule has 0 radical (unpaired) electrons. The lowest BCUT2D eigenvalue weighted by Crippen LogP contribution is -2.30. The van der Waals surface area contributed by atoms with E-state index in [1.54, 1.807) is 0 Å². The van der Waals surface area contributed by atoms with Crippen molar-refractivity contribution in [2.24, 2.45) is 23.7 Å². The van der Waals surface area contributed by atoms with Crippen LogP contribution in [0.3, 0.4) is 0 Å². The highest BCUT2D eigenvalue weighted by molar-refractivity contribution is 7.39. The summed E-state index contributed by atoms with van der Waals surface area (Å²) in [7, 11) is 1.18. The Kier molecular flexibility index (Phi) is 11.1. The normalized spacial score (nSPS) is 26.7. The molecule has 0 saturated heterocycles. The summed E-state index contributed by atoms with van der Waals surface area (Å²) in [4.78, 5) is 0. The van der Waals surface area contributed by atoms with Gasteiger partial charge in [-0.3, -0.25) is 0 Å². The fourth-order valence-electron chi connectivity index (χ4n) is 4.58. The monoisotopic (exact) mass is 341 g/mol. The third-order valence-electron chi connectivity index (χ3n) is 6.29. The molecular weight excluding hydrogens is 297 g/mol. The van der Waals surface area contributed by atoms with Crippen LogP contribution in [0.1, 0.15) is 86.5 Å². The minimum atomic E-state index is 0.860. The van der Waals surface area contributed by atoms with E-state index in [0.717, 1.165) is 41.5 Å². The second-order valence-electron chi connectivity index (χ2n) is 8.23. The van der Waals surface area contributed by atoms with E-state index in [9.17, 15) is 0 Å². The molecule has 0 aromatic heterocycles. The summed E-state index contributed by atoms with van der Waals surface area (Å²) in [6.07, 6.45) is 10.1. The SMILES string of the molecule is CCNCCC1CCCC(C(C)C(CC)PC(CC)C(C)C)C1. The molecule has 1 aliphatic carbocycles. The molecule has 1 nitrogen and oxygen atoms in total. The van der Waals surface area contributed by atoms with Gasteiger partial charge in [-0.05, 0) is 73.8 Å². The van der Waals surface area contributed by atoms with Gasteiger partial charge in [-0.25, -0.2) is 0 Å². The molecule has 1 rings (SSSR count). The van der Waals surface area contributed by atoms with Crippen molar-refractivity contribution < 1.29 is 0 Å². The summed E-state index contributed by atoms with van der Waals surface area (Å²) in [5.74, 6) is 3.78. The van der Waals surface area contributed by atoms with E-state index < -0.39 is 0 Å². The maximum absolute atomic E-state index is 3.52. The van der Waals surface area contributed by atoms with Gasteiger partial charge >= 0.3 is 0 Å². The second-order valence-corrected chi connectivity index (χ2v) is 10.1. The van der Waals surface area contributed by atoms with E-state index in [4.69, 9.17) is 0 Å². The third kappa shape index (κ3) is 7.43. The smallest absolute Gasteiger partial charge is 0.00464 e. The zero-order chi connectivity index (χ0) is 17.2. The van der Waals surface area contributed by atoms with Crippen LogP contribution in [0.4, 0.5) is 0 Å². The van der Waals surface area contributed by atoms with Crippen molar-refractivity contribution in [2.75, 3.05) is 13.1 Å². The van der Waals surface area contributed by atoms with Crippen molar-refractivity contribution in [1.29, 1.82) is 0 Å². The molecule has 1 fully saturated rings. The highest BCUT2D eigenvalue weighted by Crippen LogP contribution is 2.44. The van der Waals surface area contributed by atoms with Crippen LogP contribution in [0, 0.1) is 23.7 Å². The standard InChI is InChI=1S/C21H44NP/c1-7-20(16(4)5)23-21(8-2)17(6)19-12-10-11-18(15-19)13-14-22-9-3/h16-23H,7-15H2,1-6H3. The number of nitrogens with one attached hydrogen (secondary N) is 1. The van der Waals surface area contributed by atoms with Gasteiger partial charge in [-0.15, -0.1) is 8.58 Å². The van der Waals surface area contributed by atoms with E-state index in [1.807, 2.05) is 0 Å². The summed E-state index contributed by atoms with van der Waals surface area (Å²) in [5.41, 5.74) is 1.93. The quantitative estimate of drug-likeness (QED) is 0.342. The van der Waals surface area contributed by atoms with Crippen LogP contribution in [0.2, 0.25) is 0 Å². The van der Waals surface area contributed by atoms with E-state index >= 15 is 0 Å². The summed E-state index contributed by atoms with van der Waals surface area (Å²) in [6.45, 7) is 16.8. The van der Waals surface area contributed by atoms with Crippen LogP contribution in [0.25, 0.3) is 0 Å². The highest BCUT2D eigenvalue weighted by atomic mass is 31.1.